The average molecular weight is 568 g/mol. The van der Waals surface area contributed by atoms with E-state index in [0.29, 0.717) is 18.7 Å². The van der Waals surface area contributed by atoms with Gasteiger partial charge in [0.15, 0.2) is 12.7 Å². The van der Waals surface area contributed by atoms with E-state index >= 15 is 0 Å². The number of aromatic nitrogens is 2. The minimum Gasteiger partial charge on any atom is -1.00 e. The first-order valence-corrected chi connectivity index (χ1v) is 12.6. The summed E-state index contributed by atoms with van der Waals surface area (Å²) in [5, 5.41) is 2.36. The normalized spacial score (nSPS) is 11.0. The molecule has 0 bridgehead atoms. The summed E-state index contributed by atoms with van der Waals surface area (Å²) in [4.78, 5) is 0. The maximum absolute atomic E-state index is 14.5. The van der Waals surface area contributed by atoms with Gasteiger partial charge in [0.2, 0.25) is 5.69 Å². The number of halogens is 2. The van der Waals surface area contributed by atoms with Gasteiger partial charge in [0.25, 0.3) is 0 Å². The molecule has 0 aliphatic rings. The molecule has 3 nitrogen and oxygen atoms in total. The summed E-state index contributed by atoms with van der Waals surface area (Å²) in [7, 11) is 0. The van der Waals surface area contributed by atoms with Crippen LogP contribution < -0.4 is 26.3 Å². The molecular formula is C33H28BrFN2O. The van der Waals surface area contributed by atoms with Gasteiger partial charge in [0.05, 0.1) is 11.1 Å². The minimum absolute atomic E-state index is 0. The molecule has 5 heteroatoms. The number of ether oxygens (including phenoxy) is 1. The molecule has 0 atom stereocenters. The molecule has 0 amide bonds. The smallest absolute Gasteiger partial charge is 0.203 e. The maximum Gasteiger partial charge on any atom is 0.203 e. The molecule has 0 spiro atoms. The van der Waals surface area contributed by atoms with Crippen molar-refractivity contribution < 1.29 is 30.7 Å². The molecule has 6 rings (SSSR count). The Morgan fingerprint density at radius 3 is 2.18 bits per heavy atom. The number of rotatable bonds is 7. The van der Waals surface area contributed by atoms with E-state index < -0.39 is 0 Å². The summed E-state index contributed by atoms with van der Waals surface area (Å²) in [6.07, 6.45) is 2.07. The quantitative estimate of drug-likeness (QED) is 0.265. The van der Waals surface area contributed by atoms with Crippen LogP contribution in [-0.4, -0.2) is 4.57 Å². The zero-order valence-corrected chi connectivity index (χ0v) is 22.7. The molecule has 0 saturated heterocycles. The topological polar surface area (TPSA) is 18.0 Å². The second kappa shape index (κ2) is 11.2. The summed E-state index contributed by atoms with van der Waals surface area (Å²) in [6.45, 7) is 3.85. The third kappa shape index (κ3) is 5.07. The Balaban J connectivity index is 0.00000294. The largest absolute Gasteiger partial charge is 1.00 e. The number of fused-ring (bicyclic) bond motifs is 3. The number of pyridine rings is 1. The first kappa shape index (κ1) is 25.7. The van der Waals surface area contributed by atoms with Crippen LogP contribution in [-0.2, 0) is 19.7 Å². The van der Waals surface area contributed by atoms with Crippen molar-refractivity contribution in [3.8, 4) is 5.75 Å². The molecule has 0 unspecified atom stereocenters. The van der Waals surface area contributed by atoms with Crippen LogP contribution in [0.25, 0.3) is 21.8 Å². The lowest BCUT2D eigenvalue weighted by molar-refractivity contribution is -0.693. The van der Waals surface area contributed by atoms with E-state index in [1.165, 1.54) is 22.4 Å². The van der Waals surface area contributed by atoms with Gasteiger partial charge in [-0.1, -0.05) is 72.8 Å². The molecule has 4 aromatic carbocycles. The highest BCUT2D eigenvalue weighted by molar-refractivity contribution is 6.08. The molecule has 2 heterocycles. The molecule has 38 heavy (non-hydrogen) atoms. The Labute approximate surface area is 232 Å². The van der Waals surface area contributed by atoms with Crippen LogP contribution in [0.5, 0.6) is 5.75 Å². The van der Waals surface area contributed by atoms with E-state index in [4.69, 9.17) is 4.74 Å². The van der Waals surface area contributed by atoms with Gasteiger partial charge in [-0.05, 0) is 35.4 Å². The van der Waals surface area contributed by atoms with Crippen molar-refractivity contribution in [2.45, 2.75) is 26.6 Å². The van der Waals surface area contributed by atoms with Gasteiger partial charge >= 0.3 is 0 Å². The summed E-state index contributed by atoms with van der Waals surface area (Å²) in [5.41, 5.74) is 6.41. The van der Waals surface area contributed by atoms with Crippen molar-refractivity contribution in [2.75, 3.05) is 0 Å². The third-order valence-corrected chi connectivity index (χ3v) is 7.00. The minimum atomic E-state index is -0.181. The van der Waals surface area contributed by atoms with Gasteiger partial charge in [-0.25, -0.2) is 4.39 Å². The second-order valence-corrected chi connectivity index (χ2v) is 9.41. The molecule has 0 radical (unpaired) electrons. The Hall–Kier alpha value is -3.96. The number of hydrogen-bond acceptors (Lipinski definition) is 1. The Kier molecular flexibility index (Phi) is 7.57. The lowest BCUT2D eigenvalue weighted by Gasteiger charge is -2.11. The average Bonchev–Trinajstić information content (AvgIpc) is 3.24. The summed E-state index contributed by atoms with van der Waals surface area (Å²) >= 11 is 0. The molecular weight excluding hydrogens is 539 g/mol. The van der Waals surface area contributed by atoms with Crippen molar-refractivity contribution in [1.29, 1.82) is 0 Å². The maximum atomic E-state index is 14.5. The first-order chi connectivity index (χ1) is 18.2. The molecule has 0 fully saturated rings. The number of hydrogen-bond donors (Lipinski definition) is 0. The third-order valence-electron chi connectivity index (χ3n) is 7.00. The number of benzene rings is 4. The van der Waals surface area contributed by atoms with Gasteiger partial charge in [0, 0.05) is 36.4 Å². The SMILES string of the molecule is Cc1c2c(cc[n+]1Cc1ccccc1F)c1ccc(OCc3ccccc3)cc1n2Cc1ccccc1.[Br-]. The Bertz CT molecular complexity index is 1700. The van der Waals surface area contributed by atoms with Gasteiger partial charge in [-0.15, -0.1) is 0 Å². The van der Waals surface area contributed by atoms with Crippen LogP contribution in [0, 0.1) is 12.7 Å². The summed E-state index contributed by atoms with van der Waals surface area (Å²) < 4.78 is 25.1. The molecule has 0 aliphatic carbocycles. The fourth-order valence-corrected chi connectivity index (χ4v) is 5.07. The lowest BCUT2D eigenvalue weighted by Crippen LogP contribution is -3.00. The zero-order chi connectivity index (χ0) is 25.2. The highest BCUT2D eigenvalue weighted by atomic mass is 79.9. The van der Waals surface area contributed by atoms with Crippen LogP contribution in [0.1, 0.15) is 22.4 Å². The van der Waals surface area contributed by atoms with Gasteiger partial charge in [0.1, 0.15) is 23.7 Å². The van der Waals surface area contributed by atoms with Crippen molar-refractivity contribution in [2.24, 2.45) is 0 Å². The molecule has 2 aromatic heterocycles. The monoisotopic (exact) mass is 566 g/mol. The van der Waals surface area contributed by atoms with Crippen molar-refractivity contribution >= 4 is 21.8 Å². The molecule has 0 aliphatic heterocycles. The van der Waals surface area contributed by atoms with Gasteiger partial charge in [-0.2, -0.15) is 4.57 Å². The first-order valence-electron chi connectivity index (χ1n) is 12.6. The Morgan fingerprint density at radius 1 is 0.763 bits per heavy atom. The second-order valence-electron chi connectivity index (χ2n) is 9.41. The molecule has 0 saturated carbocycles. The van der Waals surface area contributed by atoms with Crippen LogP contribution in [0.15, 0.2) is 115 Å². The Morgan fingerprint density at radius 2 is 1.45 bits per heavy atom. The van der Waals surface area contributed by atoms with E-state index in [1.54, 1.807) is 6.07 Å². The van der Waals surface area contributed by atoms with Gasteiger partial charge < -0.3 is 26.3 Å². The highest BCUT2D eigenvalue weighted by Crippen LogP contribution is 2.33. The van der Waals surface area contributed by atoms with E-state index in [2.05, 4.69) is 76.9 Å². The van der Waals surface area contributed by atoms with E-state index in [9.17, 15) is 4.39 Å². The van der Waals surface area contributed by atoms with E-state index in [1.807, 2.05) is 42.5 Å². The predicted molar refractivity (Wildman–Crippen MR) is 146 cm³/mol. The zero-order valence-electron chi connectivity index (χ0n) is 21.1. The predicted octanol–water partition coefficient (Wildman–Crippen LogP) is 4.21. The van der Waals surface area contributed by atoms with Gasteiger partial charge in [-0.3, -0.25) is 0 Å². The highest BCUT2D eigenvalue weighted by Gasteiger charge is 2.21. The van der Waals surface area contributed by atoms with E-state index in [-0.39, 0.29) is 22.8 Å². The molecule has 6 aromatic rings. The fraction of sp³-hybridized carbons (Fsp3) is 0.121. The fourth-order valence-electron chi connectivity index (χ4n) is 5.07. The van der Waals surface area contributed by atoms with Crippen LogP contribution in [0.4, 0.5) is 4.39 Å². The van der Waals surface area contributed by atoms with Crippen molar-refractivity contribution in [3.05, 3.63) is 144 Å². The molecule has 190 valence electrons. The summed E-state index contributed by atoms with van der Waals surface area (Å²) in [6, 6.07) is 36.2. The van der Waals surface area contributed by atoms with E-state index in [0.717, 1.165) is 34.6 Å². The standard InChI is InChI=1S/C33H28FN2O.BrH/c1-24-33-30(18-19-35(24)22-27-14-8-9-15-31(27)34)29-17-16-28(37-23-26-12-6-3-7-13-26)20-32(29)36(33)21-25-10-4-2-5-11-25;/h2-20H,21-23H2,1H3;1H/q+1;/p-1. The van der Waals surface area contributed by atoms with Crippen LogP contribution in [0.2, 0.25) is 0 Å². The molecule has 0 N–H and O–H groups in total. The number of aryl methyl sites for hydroxylation is 1. The lowest BCUT2D eigenvalue weighted by atomic mass is 10.1. The van der Waals surface area contributed by atoms with Crippen molar-refractivity contribution in [1.82, 2.24) is 4.57 Å². The van der Waals surface area contributed by atoms with Crippen molar-refractivity contribution in [3.63, 3.8) is 0 Å². The number of nitrogens with zero attached hydrogens (tertiary/aromatic N) is 2. The van der Waals surface area contributed by atoms with Crippen LogP contribution in [0.3, 0.4) is 0 Å². The van der Waals surface area contributed by atoms with Crippen LogP contribution >= 0.6 is 0 Å². The summed E-state index contributed by atoms with van der Waals surface area (Å²) in [5.74, 6) is 0.657.